The summed E-state index contributed by atoms with van der Waals surface area (Å²) < 4.78 is 28.9. The van der Waals surface area contributed by atoms with Gasteiger partial charge in [-0.3, -0.25) is 13.9 Å². The minimum atomic E-state index is -4.16. The molecule has 0 saturated heterocycles. The molecule has 1 saturated carbocycles. The molecule has 4 rings (SSSR count). The number of anilines is 1. The first kappa shape index (κ1) is 30.6. The van der Waals surface area contributed by atoms with E-state index in [4.69, 9.17) is 11.6 Å². The number of halogens is 1. The number of carbonyl (C=O) groups is 2. The Kier molecular flexibility index (Phi) is 10.5. The van der Waals surface area contributed by atoms with Crippen molar-refractivity contribution in [3.8, 4) is 0 Å². The van der Waals surface area contributed by atoms with Crippen molar-refractivity contribution in [1.29, 1.82) is 0 Å². The number of amides is 2. The number of hydrogen-bond donors (Lipinski definition) is 1. The summed E-state index contributed by atoms with van der Waals surface area (Å²) >= 11 is 6.47. The van der Waals surface area contributed by atoms with E-state index in [0.29, 0.717) is 6.42 Å². The molecule has 1 fully saturated rings. The Morgan fingerprint density at radius 3 is 2.22 bits per heavy atom. The monoisotopic (exact) mass is 595 g/mol. The lowest BCUT2D eigenvalue weighted by Gasteiger charge is -2.33. The molecule has 1 aliphatic carbocycles. The molecule has 2 amide bonds. The predicted molar refractivity (Wildman–Crippen MR) is 163 cm³/mol. The molecule has 0 aromatic heterocycles. The maximum atomic E-state index is 14.0. The van der Waals surface area contributed by atoms with Gasteiger partial charge in [0.1, 0.15) is 12.6 Å². The van der Waals surface area contributed by atoms with Gasteiger partial charge in [-0.05, 0) is 62.9 Å². The summed E-state index contributed by atoms with van der Waals surface area (Å²) in [7, 11) is -4.16. The van der Waals surface area contributed by atoms with Crippen LogP contribution in [0.1, 0.15) is 50.2 Å². The highest BCUT2D eigenvalue weighted by molar-refractivity contribution is 7.92. The van der Waals surface area contributed by atoms with Crippen molar-refractivity contribution in [2.45, 2.75) is 69.4 Å². The van der Waals surface area contributed by atoms with Crippen LogP contribution in [0.2, 0.25) is 5.02 Å². The van der Waals surface area contributed by atoms with Gasteiger partial charge >= 0.3 is 0 Å². The van der Waals surface area contributed by atoms with Crippen molar-refractivity contribution in [3.05, 3.63) is 95.0 Å². The molecule has 3 aromatic carbocycles. The summed E-state index contributed by atoms with van der Waals surface area (Å²) in [4.78, 5) is 28.9. The van der Waals surface area contributed by atoms with Crippen molar-refractivity contribution in [3.63, 3.8) is 0 Å². The Bertz CT molecular complexity index is 1420. The summed E-state index contributed by atoms with van der Waals surface area (Å²) in [6.07, 6.45) is 5.66. The lowest BCUT2D eigenvalue weighted by molar-refractivity contribution is -0.139. The van der Waals surface area contributed by atoms with E-state index in [9.17, 15) is 18.0 Å². The van der Waals surface area contributed by atoms with Crippen LogP contribution >= 0.6 is 11.6 Å². The summed E-state index contributed by atoms with van der Waals surface area (Å²) in [5.41, 5.74) is 2.13. The Hall–Kier alpha value is -3.36. The smallest absolute Gasteiger partial charge is 0.264 e. The second kappa shape index (κ2) is 14.0. The third kappa shape index (κ3) is 7.89. The van der Waals surface area contributed by atoms with Gasteiger partial charge in [0.2, 0.25) is 11.8 Å². The van der Waals surface area contributed by atoms with Gasteiger partial charge < -0.3 is 10.2 Å². The highest BCUT2D eigenvalue weighted by Gasteiger charge is 2.33. The molecule has 0 unspecified atom stereocenters. The van der Waals surface area contributed by atoms with E-state index in [0.717, 1.165) is 47.5 Å². The van der Waals surface area contributed by atoms with Gasteiger partial charge in [0.05, 0.1) is 15.6 Å². The number of aryl methyl sites for hydroxylation is 1. The zero-order valence-corrected chi connectivity index (χ0v) is 25.2. The zero-order chi connectivity index (χ0) is 29.4. The maximum absolute atomic E-state index is 14.0. The standard InChI is InChI=1S/C32H38ClN3O4S/c1-24-17-19-28(20-18-24)41(39,40)36(30-16-10-9-15-29(30)33)23-31(37)35(22-21-26-11-5-3-6-12-26)25(2)32(38)34-27-13-7-4-8-14-27/h3,5-6,9-12,15-20,25,27H,4,7-8,13-14,21-23H2,1-2H3,(H,34,38)/t25-/m1/s1. The fraction of sp³-hybridized carbons (Fsp3) is 0.375. The summed E-state index contributed by atoms with van der Waals surface area (Å²) in [5, 5.41) is 3.33. The predicted octanol–water partition coefficient (Wildman–Crippen LogP) is 5.75. The number of nitrogens with one attached hydrogen (secondary N) is 1. The Balaban J connectivity index is 1.64. The summed E-state index contributed by atoms with van der Waals surface area (Å²) in [6.45, 7) is 3.32. The van der Waals surface area contributed by atoms with E-state index in [-0.39, 0.29) is 34.1 Å². The van der Waals surface area contributed by atoms with Crippen LogP contribution < -0.4 is 9.62 Å². The molecular weight excluding hydrogens is 558 g/mol. The van der Waals surface area contributed by atoms with E-state index < -0.39 is 28.5 Å². The molecule has 0 radical (unpaired) electrons. The first-order valence-corrected chi connectivity index (χ1v) is 16.0. The number of hydrogen-bond acceptors (Lipinski definition) is 4. The van der Waals surface area contributed by atoms with Crippen molar-refractivity contribution in [1.82, 2.24) is 10.2 Å². The SMILES string of the molecule is Cc1ccc(S(=O)(=O)N(CC(=O)N(CCc2ccccc2)[C@H](C)C(=O)NC2CCCCC2)c2ccccc2Cl)cc1. The van der Waals surface area contributed by atoms with Crippen LogP contribution in [-0.2, 0) is 26.0 Å². The fourth-order valence-electron chi connectivity index (χ4n) is 5.14. The number of para-hydroxylation sites is 1. The zero-order valence-electron chi connectivity index (χ0n) is 23.6. The van der Waals surface area contributed by atoms with Crippen molar-refractivity contribution in [2.24, 2.45) is 0 Å². The first-order valence-electron chi connectivity index (χ1n) is 14.1. The number of nitrogens with zero attached hydrogens (tertiary/aromatic N) is 2. The minimum Gasteiger partial charge on any atom is -0.352 e. The van der Waals surface area contributed by atoms with E-state index in [1.54, 1.807) is 43.3 Å². The van der Waals surface area contributed by atoms with Crippen LogP contribution in [0.4, 0.5) is 5.69 Å². The largest absolute Gasteiger partial charge is 0.352 e. The topological polar surface area (TPSA) is 86.8 Å². The average molecular weight is 596 g/mol. The fourth-order valence-corrected chi connectivity index (χ4v) is 6.86. The van der Waals surface area contributed by atoms with Crippen molar-refractivity contribution < 1.29 is 18.0 Å². The maximum Gasteiger partial charge on any atom is 0.264 e. The van der Waals surface area contributed by atoms with E-state index in [1.165, 1.54) is 17.0 Å². The molecule has 3 aromatic rings. The molecule has 1 atom stereocenters. The van der Waals surface area contributed by atoms with Gasteiger partial charge in [-0.2, -0.15) is 0 Å². The highest BCUT2D eigenvalue weighted by atomic mass is 35.5. The first-order chi connectivity index (χ1) is 19.7. The molecule has 0 aliphatic heterocycles. The summed E-state index contributed by atoms with van der Waals surface area (Å²) in [5.74, 6) is -0.716. The Morgan fingerprint density at radius 2 is 1.56 bits per heavy atom. The minimum absolute atomic E-state index is 0.0507. The van der Waals surface area contributed by atoms with Crippen molar-refractivity contribution in [2.75, 3.05) is 17.4 Å². The van der Waals surface area contributed by atoms with Gasteiger partial charge in [0, 0.05) is 12.6 Å². The lowest BCUT2D eigenvalue weighted by atomic mass is 9.95. The van der Waals surface area contributed by atoms with E-state index >= 15 is 0 Å². The Labute approximate surface area is 248 Å². The van der Waals surface area contributed by atoms with E-state index in [2.05, 4.69) is 5.32 Å². The van der Waals surface area contributed by atoms with Crippen molar-refractivity contribution >= 4 is 39.1 Å². The molecule has 9 heteroatoms. The van der Waals surface area contributed by atoms with Gasteiger partial charge in [-0.25, -0.2) is 8.42 Å². The van der Waals surface area contributed by atoms with Crippen LogP contribution in [0.5, 0.6) is 0 Å². The number of carbonyl (C=O) groups excluding carboxylic acids is 2. The molecule has 218 valence electrons. The number of rotatable bonds is 11. The number of benzene rings is 3. The molecule has 0 heterocycles. The van der Waals surface area contributed by atoms with Gasteiger partial charge in [-0.15, -0.1) is 0 Å². The van der Waals surface area contributed by atoms with Crippen LogP contribution in [0.25, 0.3) is 0 Å². The second-order valence-corrected chi connectivity index (χ2v) is 12.9. The second-order valence-electron chi connectivity index (χ2n) is 10.6. The van der Waals surface area contributed by atoms with Crippen LogP contribution in [0.3, 0.4) is 0 Å². The Morgan fingerprint density at radius 1 is 0.927 bits per heavy atom. The molecule has 0 bridgehead atoms. The molecule has 1 aliphatic rings. The van der Waals surface area contributed by atoms with E-state index in [1.807, 2.05) is 37.3 Å². The van der Waals surface area contributed by atoms with Crippen LogP contribution in [0.15, 0.2) is 83.8 Å². The normalized spacial score (nSPS) is 14.7. The molecule has 1 N–H and O–H groups in total. The highest BCUT2D eigenvalue weighted by Crippen LogP contribution is 2.31. The quantitative estimate of drug-likeness (QED) is 0.306. The van der Waals surface area contributed by atoms with Gasteiger partial charge in [-0.1, -0.05) is 91.0 Å². The third-order valence-electron chi connectivity index (χ3n) is 7.61. The van der Waals surface area contributed by atoms with Crippen LogP contribution in [0, 0.1) is 6.92 Å². The van der Waals surface area contributed by atoms with Crippen LogP contribution in [-0.4, -0.2) is 50.3 Å². The third-order valence-corrected chi connectivity index (χ3v) is 9.71. The van der Waals surface area contributed by atoms with Gasteiger partial charge in [0.25, 0.3) is 10.0 Å². The average Bonchev–Trinajstić information content (AvgIpc) is 2.97. The molecule has 0 spiro atoms. The molecule has 7 nitrogen and oxygen atoms in total. The summed E-state index contributed by atoms with van der Waals surface area (Å²) in [6, 6.07) is 22.0. The molecule has 41 heavy (non-hydrogen) atoms. The molecular formula is C32H38ClN3O4S. The van der Waals surface area contributed by atoms with Gasteiger partial charge in [0.15, 0.2) is 0 Å². The number of sulfonamides is 1. The lowest BCUT2D eigenvalue weighted by Crippen LogP contribution is -2.53.